The molecule has 0 radical (unpaired) electrons. The third kappa shape index (κ3) is 5.89. The summed E-state index contributed by atoms with van der Waals surface area (Å²) in [6.45, 7) is 10.6. The van der Waals surface area contributed by atoms with Crippen LogP contribution >= 0.6 is 0 Å². The molecule has 0 atom stereocenters. The summed E-state index contributed by atoms with van der Waals surface area (Å²) in [7, 11) is 0. The van der Waals surface area contributed by atoms with Crippen LogP contribution in [0.2, 0.25) is 0 Å². The maximum atomic E-state index is 4.63. The Morgan fingerprint density at radius 2 is 1.80 bits per heavy atom. The summed E-state index contributed by atoms with van der Waals surface area (Å²) in [5, 5.41) is 0. The molecule has 4 nitrogen and oxygen atoms in total. The van der Waals surface area contributed by atoms with Crippen molar-refractivity contribution in [3.8, 4) is 0 Å². The predicted molar refractivity (Wildman–Crippen MR) is 88.0 cm³/mol. The van der Waals surface area contributed by atoms with Crippen molar-refractivity contribution >= 4 is 18.9 Å². The van der Waals surface area contributed by atoms with Crippen LogP contribution in [0.15, 0.2) is 45.3 Å². The first-order valence-corrected chi connectivity index (χ1v) is 7.12. The molecule has 108 valence electrons. The van der Waals surface area contributed by atoms with Crippen molar-refractivity contribution < 1.29 is 0 Å². The van der Waals surface area contributed by atoms with E-state index in [2.05, 4.69) is 40.4 Å². The average molecular weight is 272 g/mol. The van der Waals surface area contributed by atoms with E-state index in [0.29, 0.717) is 12.5 Å². The molecule has 20 heavy (non-hydrogen) atoms. The van der Waals surface area contributed by atoms with Gasteiger partial charge in [0.15, 0.2) is 5.84 Å². The highest BCUT2D eigenvalue weighted by atomic mass is 15.2. The first-order chi connectivity index (χ1) is 9.81. The van der Waals surface area contributed by atoms with Gasteiger partial charge in [0.2, 0.25) is 0 Å². The lowest BCUT2D eigenvalue weighted by molar-refractivity contribution is 0.284. The van der Waals surface area contributed by atoms with Crippen LogP contribution in [0.25, 0.3) is 0 Å². The van der Waals surface area contributed by atoms with E-state index in [1.54, 1.807) is 0 Å². The van der Waals surface area contributed by atoms with Crippen LogP contribution in [0.4, 0.5) is 0 Å². The second-order valence-electron chi connectivity index (χ2n) is 4.53. The molecular formula is C16H24N4. The molecule has 1 aromatic carbocycles. The summed E-state index contributed by atoms with van der Waals surface area (Å²) in [6.07, 6.45) is 3.71. The molecular weight excluding hydrogens is 248 g/mol. The zero-order valence-electron chi connectivity index (χ0n) is 12.5. The second kappa shape index (κ2) is 10.0. The zero-order chi connectivity index (χ0) is 14.6. The lowest BCUT2D eigenvalue weighted by Crippen LogP contribution is -2.26. The largest absolute Gasteiger partial charge is 0.284 e. The molecule has 0 aromatic heterocycles. The van der Waals surface area contributed by atoms with E-state index in [-0.39, 0.29) is 0 Å². The van der Waals surface area contributed by atoms with E-state index in [9.17, 15) is 0 Å². The molecule has 1 aromatic rings. The molecule has 0 spiro atoms. The SMILES string of the molecule is C=NC=N/C(=N\CN(CCC)CCC)c1ccccc1. The van der Waals surface area contributed by atoms with Crippen molar-refractivity contribution in [2.45, 2.75) is 26.7 Å². The Hall–Kier alpha value is -1.81. The molecule has 0 aliphatic carbocycles. The van der Waals surface area contributed by atoms with Gasteiger partial charge in [-0.15, -0.1) is 0 Å². The molecule has 0 amide bonds. The van der Waals surface area contributed by atoms with E-state index in [4.69, 9.17) is 0 Å². The number of benzene rings is 1. The van der Waals surface area contributed by atoms with Gasteiger partial charge in [-0.3, -0.25) is 14.9 Å². The Bertz CT molecular complexity index is 431. The van der Waals surface area contributed by atoms with Gasteiger partial charge in [0.1, 0.15) is 6.34 Å². The van der Waals surface area contributed by atoms with E-state index in [0.717, 1.165) is 31.5 Å². The summed E-state index contributed by atoms with van der Waals surface area (Å²) in [4.78, 5) is 14.9. The van der Waals surface area contributed by atoms with Crippen LogP contribution in [0.3, 0.4) is 0 Å². The number of nitrogens with zero attached hydrogens (tertiary/aromatic N) is 4. The standard InChI is InChI=1S/C16H24N4/c1-4-11-20(12-5-2)14-19-16(18-13-17-3)15-9-7-6-8-10-15/h6-10,13H,3-5,11-12,14H2,1-2H3/b18-13?,19-16-. The van der Waals surface area contributed by atoms with Crippen LogP contribution < -0.4 is 0 Å². The summed E-state index contributed by atoms with van der Waals surface area (Å²) < 4.78 is 0. The Morgan fingerprint density at radius 1 is 1.15 bits per heavy atom. The zero-order valence-corrected chi connectivity index (χ0v) is 12.5. The molecule has 0 aliphatic rings. The Balaban J connectivity index is 2.84. The van der Waals surface area contributed by atoms with E-state index < -0.39 is 0 Å². The molecule has 0 N–H and O–H groups in total. The van der Waals surface area contributed by atoms with E-state index >= 15 is 0 Å². The van der Waals surface area contributed by atoms with Crippen molar-refractivity contribution in [1.82, 2.24) is 4.90 Å². The van der Waals surface area contributed by atoms with Gasteiger partial charge in [-0.2, -0.15) is 0 Å². The maximum Gasteiger partial charge on any atom is 0.157 e. The lowest BCUT2D eigenvalue weighted by atomic mass is 10.2. The topological polar surface area (TPSA) is 40.3 Å². The number of hydrogen-bond acceptors (Lipinski definition) is 2. The van der Waals surface area contributed by atoms with Crippen molar-refractivity contribution in [2.75, 3.05) is 19.8 Å². The van der Waals surface area contributed by atoms with Gasteiger partial charge in [0.05, 0.1) is 6.67 Å². The van der Waals surface area contributed by atoms with Crippen molar-refractivity contribution in [3.63, 3.8) is 0 Å². The van der Waals surface area contributed by atoms with E-state index in [1.807, 2.05) is 30.3 Å². The monoisotopic (exact) mass is 272 g/mol. The predicted octanol–water partition coefficient (Wildman–Crippen LogP) is 3.24. The van der Waals surface area contributed by atoms with Crippen molar-refractivity contribution in [2.24, 2.45) is 15.0 Å². The molecule has 0 saturated heterocycles. The van der Waals surface area contributed by atoms with Crippen LogP contribution in [0, 0.1) is 0 Å². The molecule has 0 unspecified atom stereocenters. The van der Waals surface area contributed by atoms with Gasteiger partial charge in [-0.05, 0) is 32.6 Å². The third-order valence-corrected chi connectivity index (χ3v) is 2.79. The van der Waals surface area contributed by atoms with Gasteiger partial charge >= 0.3 is 0 Å². The number of amidine groups is 1. The summed E-state index contributed by atoms with van der Waals surface area (Å²) >= 11 is 0. The van der Waals surface area contributed by atoms with Gasteiger partial charge in [0.25, 0.3) is 0 Å². The van der Waals surface area contributed by atoms with Crippen molar-refractivity contribution in [3.05, 3.63) is 35.9 Å². The summed E-state index contributed by atoms with van der Waals surface area (Å²) in [6, 6.07) is 9.96. The summed E-state index contributed by atoms with van der Waals surface area (Å²) in [5.74, 6) is 0.704. The highest BCUT2D eigenvalue weighted by Crippen LogP contribution is 2.04. The highest BCUT2D eigenvalue weighted by molar-refractivity contribution is 6.03. The minimum atomic E-state index is 0.667. The average Bonchev–Trinajstić information content (AvgIpc) is 2.48. The smallest absolute Gasteiger partial charge is 0.157 e. The van der Waals surface area contributed by atoms with Crippen LogP contribution in [0.5, 0.6) is 0 Å². The van der Waals surface area contributed by atoms with Gasteiger partial charge in [-0.25, -0.2) is 4.99 Å². The van der Waals surface area contributed by atoms with Gasteiger partial charge in [-0.1, -0.05) is 44.2 Å². The molecule has 4 heteroatoms. The molecule has 0 heterocycles. The van der Waals surface area contributed by atoms with Crippen LogP contribution in [-0.4, -0.2) is 43.5 Å². The molecule has 0 aliphatic heterocycles. The van der Waals surface area contributed by atoms with Gasteiger partial charge in [0, 0.05) is 5.56 Å². The van der Waals surface area contributed by atoms with Crippen molar-refractivity contribution in [1.29, 1.82) is 0 Å². The minimum Gasteiger partial charge on any atom is -0.284 e. The number of aliphatic imine (C=N–C) groups is 3. The minimum absolute atomic E-state index is 0.667. The first-order valence-electron chi connectivity index (χ1n) is 7.12. The Kier molecular flexibility index (Phi) is 8.15. The Morgan fingerprint density at radius 3 is 2.35 bits per heavy atom. The molecule has 0 fully saturated rings. The molecule has 1 rings (SSSR count). The molecule has 0 bridgehead atoms. The third-order valence-electron chi connectivity index (χ3n) is 2.79. The summed E-state index contributed by atoms with van der Waals surface area (Å²) in [5.41, 5.74) is 1.00. The van der Waals surface area contributed by atoms with Gasteiger partial charge < -0.3 is 0 Å². The molecule has 0 saturated carbocycles. The fourth-order valence-corrected chi connectivity index (χ4v) is 1.94. The van der Waals surface area contributed by atoms with E-state index in [1.165, 1.54) is 6.34 Å². The van der Waals surface area contributed by atoms with Crippen LogP contribution in [0.1, 0.15) is 32.3 Å². The number of hydrogen-bond donors (Lipinski definition) is 0. The fraction of sp³-hybridized carbons (Fsp3) is 0.438. The highest BCUT2D eigenvalue weighted by Gasteiger charge is 2.04. The van der Waals surface area contributed by atoms with Crippen LogP contribution in [-0.2, 0) is 0 Å². The second-order valence-corrected chi connectivity index (χ2v) is 4.53. The Labute approximate surface area is 122 Å². The maximum absolute atomic E-state index is 4.63. The lowest BCUT2D eigenvalue weighted by Gasteiger charge is -2.18. The normalized spacial score (nSPS) is 12.2. The fourth-order valence-electron chi connectivity index (χ4n) is 1.94. The first kappa shape index (κ1) is 16.2. The quantitative estimate of drug-likeness (QED) is 0.529. The number of rotatable bonds is 8.